The Bertz CT molecular complexity index is 698. The van der Waals surface area contributed by atoms with Gasteiger partial charge in [-0.15, -0.1) is 0 Å². The average Bonchev–Trinajstić information content (AvgIpc) is 2.40. The quantitative estimate of drug-likeness (QED) is 0.833. The van der Waals surface area contributed by atoms with E-state index < -0.39 is 0 Å². The van der Waals surface area contributed by atoms with Crippen LogP contribution in [-0.2, 0) is 4.79 Å². The molecule has 0 fully saturated rings. The van der Waals surface area contributed by atoms with Gasteiger partial charge >= 0.3 is 0 Å². The van der Waals surface area contributed by atoms with E-state index in [0.29, 0.717) is 27.2 Å². The molecule has 2 aromatic rings. The van der Waals surface area contributed by atoms with Crippen molar-refractivity contribution >= 4 is 33.3 Å². The lowest BCUT2D eigenvalue weighted by molar-refractivity contribution is -0.114. The minimum absolute atomic E-state index is 0.0212. The Morgan fingerprint density at radius 3 is 2.43 bits per heavy atom. The minimum atomic E-state index is -0.167. The highest BCUT2D eigenvalue weighted by molar-refractivity contribution is 9.10. The molecule has 2 aromatic carbocycles. The number of ketones is 1. The summed E-state index contributed by atoms with van der Waals surface area (Å²) in [7, 11) is 0. The van der Waals surface area contributed by atoms with Crippen LogP contribution in [0.4, 0.5) is 5.69 Å². The Kier molecular flexibility index (Phi) is 4.75. The lowest BCUT2D eigenvalue weighted by Gasteiger charge is -2.12. The van der Waals surface area contributed by atoms with Crippen LogP contribution in [0.25, 0.3) is 0 Å². The first-order chi connectivity index (χ1) is 9.97. The number of Topliss-reactive ketones (excluding diaryl/α,β-unsaturated/α-hetero) is 1. The summed E-state index contributed by atoms with van der Waals surface area (Å²) >= 11 is 3.35. The van der Waals surface area contributed by atoms with Crippen molar-refractivity contribution < 1.29 is 14.3 Å². The second kappa shape index (κ2) is 6.54. The number of para-hydroxylation sites is 2. The molecule has 0 spiro atoms. The monoisotopic (exact) mass is 347 g/mol. The van der Waals surface area contributed by atoms with Crippen molar-refractivity contribution in [2.75, 3.05) is 5.32 Å². The smallest absolute Gasteiger partial charge is 0.221 e. The first-order valence-corrected chi connectivity index (χ1v) is 7.11. The fraction of sp³-hybridized carbons (Fsp3) is 0.125. The Morgan fingerprint density at radius 2 is 1.81 bits per heavy atom. The number of hydrogen-bond acceptors (Lipinski definition) is 3. The molecule has 108 valence electrons. The van der Waals surface area contributed by atoms with Gasteiger partial charge in [-0.3, -0.25) is 9.59 Å². The predicted octanol–water partition coefficient (Wildman–Crippen LogP) is 4.40. The topological polar surface area (TPSA) is 55.4 Å². The fourth-order valence-corrected chi connectivity index (χ4v) is 2.46. The minimum Gasteiger partial charge on any atom is -0.455 e. The van der Waals surface area contributed by atoms with E-state index in [1.54, 1.807) is 30.3 Å². The van der Waals surface area contributed by atoms with Crippen molar-refractivity contribution in [3.63, 3.8) is 0 Å². The summed E-state index contributed by atoms with van der Waals surface area (Å²) in [5.41, 5.74) is 1.19. The summed E-state index contributed by atoms with van der Waals surface area (Å²) in [5, 5.41) is 2.71. The van der Waals surface area contributed by atoms with E-state index in [-0.39, 0.29) is 11.7 Å². The maximum atomic E-state index is 11.4. The highest BCUT2D eigenvalue weighted by Gasteiger charge is 2.09. The molecule has 1 amide bonds. The van der Waals surface area contributed by atoms with Crippen LogP contribution in [0, 0.1) is 0 Å². The van der Waals surface area contributed by atoms with Crippen LogP contribution >= 0.6 is 15.9 Å². The van der Waals surface area contributed by atoms with E-state index in [1.165, 1.54) is 13.8 Å². The molecular formula is C16H14BrNO3. The van der Waals surface area contributed by atoms with Gasteiger partial charge in [-0.1, -0.05) is 12.1 Å². The molecule has 0 bridgehead atoms. The van der Waals surface area contributed by atoms with E-state index in [0.717, 1.165) is 0 Å². The van der Waals surface area contributed by atoms with E-state index in [2.05, 4.69) is 21.2 Å². The van der Waals surface area contributed by atoms with E-state index in [1.807, 2.05) is 12.1 Å². The van der Waals surface area contributed by atoms with Gasteiger partial charge < -0.3 is 10.1 Å². The van der Waals surface area contributed by atoms with Crippen LogP contribution in [0.1, 0.15) is 24.2 Å². The molecule has 1 N–H and O–H groups in total. The van der Waals surface area contributed by atoms with Crippen molar-refractivity contribution in [3.05, 3.63) is 52.5 Å². The molecule has 0 aliphatic heterocycles. The second-order valence-electron chi connectivity index (χ2n) is 4.48. The van der Waals surface area contributed by atoms with Crippen LogP contribution in [0.2, 0.25) is 0 Å². The number of nitrogens with one attached hydrogen (secondary N) is 1. The number of amides is 1. The standard InChI is InChI=1S/C16H14BrNO3/c1-10(19)13-8-7-12(9-14(13)17)21-16-6-4-3-5-15(16)18-11(2)20/h3-9H,1-2H3,(H,18,20). The average molecular weight is 348 g/mol. The third kappa shape index (κ3) is 3.92. The molecule has 2 rings (SSSR count). The molecule has 4 nitrogen and oxygen atoms in total. The highest BCUT2D eigenvalue weighted by atomic mass is 79.9. The van der Waals surface area contributed by atoms with Gasteiger partial charge in [0.25, 0.3) is 0 Å². The molecule has 0 saturated heterocycles. The number of rotatable bonds is 4. The highest BCUT2D eigenvalue weighted by Crippen LogP contribution is 2.31. The Balaban J connectivity index is 2.28. The van der Waals surface area contributed by atoms with Gasteiger partial charge in [0, 0.05) is 17.0 Å². The number of halogens is 1. The predicted molar refractivity (Wildman–Crippen MR) is 85.0 cm³/mol. The van der Waals surface area contributed by atoms with Gasteiger partial charge in [0.2, 0.25) is 5.91 Å². The molecule has 0 radical (unpaired) electrons. The Labute approximate surface area is 131 Å². The molecule has 21 heavy (non-hydrogen) atoms. The number of benzene rings is 2. The third-order valence-corrected chi connectivity index (χ3v) is 3.40. The number of hydrogen-bond donors (Lipinski definition) is 1. The SMILES string of the molecule is CC(=O)Nc1ccccc1Oc1ccc(C(C)=O)c(Br)c1. The van der Waals surface area contributed by atoms with Crippen molar-refractivity contribution in [1.82, 2.24) is 0 Å². The first kappa shape index (κ1) is 15.3. The van der Waals surface area contributed by atoms with Crippen molar-refractivity contribution in [1.29, 1.82) is 0 Å². The third-order valence-electron chi connectivity index (χ3n) is 2.75. The molecule has 0 aliphatic carbocycles. The second-order valence-corrected chi connectivity index (χ2v) is 5.33. The van der Waals surface area contributed by atoms with E-state index in [4.69, 9.17) is 4.74 Å². The molecule has 0 unspecified atom stereocenters. The fourth-order valence-electron chi connectivity index (χ4n) is 1.82. The number of ether oxygens (including phenoxy) is 1. The lowest BCUT2D eigenvalue weighted by atomic mass is 10.1. The van der Waals surface area contributed by atoms with Crippen LogP contribution in [-0.4, -0.2) is 11.7 Å². The van der Waals surface area contributed by atoms with Crippen LogP contribution in [0.15, 0.2) is 46.9 Å². The summed E-state index contributed by atoms with van der Waals surface area (Å²) in [6.45, 7) is 2.95. The lowest BCUT2D eigenvalue weighted by Crippen LogP contribution is -2.06. The number of anilines is 1. The largest absolute Gasteiger partial charge is 0.455 e. The summed E-state index contributed by atoms with van der Waals surface area (Å²) < 4.78 is 6.44. The van der Waals surface area contributed by atoms with Crippen molar-refractivity contribution in [2.45, 2.75) is 13.8 Å². The normalized spacial score (nSPS) is 10.0. The molecular weight excluding hydrogens is 334 g/mol. The van der Waals surface area contributed by atoms with Gasteiger partial charge in [-0.2, -0.15) is 0 Å². The van der Waals surface area contributed by atoms with Crippen LogP contribution in [0.3, 0.4) is 0 Å². The zero-order chi connectivity index (χ0) is 15.4. The van der Waals surface area contributed by atoms with Gasteiger partial charge in [0.05, 0.1) is 5.69 Å². The molecule has 0 atom stereocenters. The van der Waals surface area contributed by atoms with Crippen molar-refractivity contribution in [3.8, 4) is 11.5 Å². The molecule has 0 heterocycles. The molecule has 5 heteroatoms. The van der Waals surface area contributed by atoms with Gasteiger partial charge in [0.15, 0.2) is 11.5 Å². The number of carbonyl (C=O) groups excluding carboxylic acids is 2. The zero-order valence-electron chi connectivity index (χ0n) is 11.6. The zero-order valence-corrected chi connectivity index (χ0v) is 13.2. The van der Waals surface area contributed by atoms with Crippen LogP contribution in [0.5, 0.6) is 11.5 Å². The van der Waals surface area contributed by atoms with E-state index in [9.17, 15) is 9.59 Å². The molecule has 0 aromatic heterocycles. The summed E-state index contributed by atoms with van der Waals surface area (Å²) in [6, 6.07) is 12.3. The van der Waals surface area contributed by atoms with Crippen LogP contribution < -0.4 is 10.1 Å². The van der Waals surface area contributed by atoms with Gasteiger partial charge in [-0.05, 0) is 53.2 Å². The van der Waals surface area contributed by atoms with Gasteiger partial charge in [0.1, 0.15) is 5.75 Å². The molecule has 0 saturated carbocycles. The Morgan fingerprint density at radius 1 is 1.10 bits per heavy atom. The summed E-state index contributed by atoms with van der Waals surface area (Å²) in [4.78, 5) is 22.6. The van der Waals surface area contributed by atoms with Gasteiger partial charge in [-0.25, -0.2) is 0 Å². The number of carbonyl (C=O) groups is 2. The summed E-state index contributed by atoms with van der Waals surface area (Å²) in [5.74, 6) is 0.922. The Hall–Kier alpha value is -2.14. The maximum Gasteiger partial charge on any atom is 0.221 e. The maximum absolute atomic E-state index is 11.4. The van der Waals surface area contributed by atoms with E-state index >= 15 is 0 Å². The molecule has 0 aliphatic rings. The van der Waals surface area contributed by atoms with Crippen molar-refractivity contribution in [2.24, 2.45) is 0 Å². The first-order valence-electron chi connectivity index (χ1n) is 6.32. The summed E-state index contributed by atoms with van der Waals surface area (Å²) in [6.07, 6.45) is 0.